The predicted molar refractivity (Wildman–Crippen MR) is 118 cm³/mol. The molecule has 2 saturated heterocycles. The van der Waals surface area contributed by atoms with Gasteiger partial charge in [0.05, 0.1) is 17.9 Å². The molecule has 8 nitrogen and oxygen atoms in total. The van der Waals surface area contributed by atoms with Gasteiger partial charge in [0.2, 0.25) is 17.7 Å². The van der Waals surface area contributed by atoms with E-state index in [9.17, 15) is 19.5 Å². The van der Waals surface area contributed by atoms with Crippen molar-refractivity contribution in [2.75, 3.05) is 39.3 Å². The summed E-state index contributed by atoms with van der Waals surface area (Å²) in [5.74, 6) is -1.80. The average molecular weight is 446 g/mol. The minimum atomic E-state index is -1.16. The van der Waals surface area contributed by atoms with Crippen molar-refractivity contribution in [1.82, 2.24) is 14.7 Å². The second kappa shape index (κ2) is 9.35. The molecule has 0 aromatic carbocycles. The molecule has 32 heavy (non-hydrogen) atoms. The lowest BCUT2D eigenvalue weighted by Gasteiger charge is -2.35. The summed E-state index contributed by atoms with van der Waals surface area (Å²) in [4.78, 5) is 46.2. The van der Waals surface area contributed by atoms with Crippen LogP contribution in [-0.4, -0.2) is 94.6 Å². The number of aliphatic hydroxyl groups excluding tert-OH is 1. The maximum Gasteiger partial charge on any atom is 0.249 e. The smallest absolute Gasteiger partial charge is 0.249 e. The van der Waals surface area contributed by atoms with Crippen molar-refractivity contribution in [2.45, 2.75) is 57.3 Å². The third-order valence-corrected chi connectivity index (χ3v) is 7.16. The Hall–Kier alpha value is -2.19. The van der Waals surface area contributed by atoms with Crippen molar-refractivity contribution in [2.24, 2.45) is 11.8 Å². The van der Waals surface area contributed by atoms with Crippen LogP contribution in [0.1, 0.15) is 39.5 Å². The number of carbonyl (C=O) groups is 3. The molecule has 0 bridgehead atoms. The zero-order chi connectivity index (χ0) is 22.9. The summed E-state index contributed by atoms with van der Waals surface area (Å²) in [6.45, 7) is 6.52. The zero-order valence-electron chi connectivity index (χ0n) is 19.1. The standard InChI is InChI=1S/C24H35N3O5/c1-3-5-12-26-14-7-10-24-19(22(30)27(15-8-16-28)20(24)23(26)31)18-17(32-24)9-6-13-25(11-4-2)21(18)29/h6-7,9-10,17-20,28H,3-5,8,11-16H2,1-2H3/t17-,18+,19+,20?,24+/m1/s1. The van der Waals surface area contributed by atoms with Crippen LogP contribution in [0.5, 0.6) is 0 Å². The molecule has 0 radical (unpaired) electrons. The fourth-order valence-corrected chi connectivity index (χ4v) is 5.74. The minimum absolute atomic E-state index is 0.0728. The van der Waals surface area contributed by atoms with Crippen molar-refractivity contribution in [3.8, 4) is 0 Å². The number of hydrogen-bond donors (Lipinski definition) is 1. The summed E-state index contributed by atoms with van der Waals surface area (Å²) in [6, 6.07) is -0.810. The van der Waals surface area contributed by atoms with Crippen molar-refractivity contribution in [3.05, 3.63) is 24.3 Å². The molecule has 176 valence electrons. The number of ether oxygens (including phenoxy) is 1. The predicted octanol–water partition coefficient (Wildman–Crippen LogP) is 0.957. The molecule has 0 aromatic heterocycles. The Kier molecular flexibility index (Phi) is 6.72. The Balaban J connectivity index is 1.76. The largest absolute Gasteiger partial charge is 0.396 e. The maximum absolute atomic E-state index is 13.8. The van der Waals surface area contributed by atoms with Crippen LogP contribution in [0.25, 0.3) is 0 Å². The Morgan fingerprint density at radius 2 is 1.72 bits per heavy atom. The first-order chi connectivity index (χ1) is 15.5. The fourth-order valence-electron chi connectivity index (χ4n) is 5.74. The molecular weight excluding hydrogens is 410 g/mol. The molecule has 1 unspecified atom stereocenters. The van der Waals surface area contributed by atoms with Crippen molar-refractivity contribution >= 4 is 17.7 Å². The summed E-state index contributed by atoms with van der Waals surface area (Å²) >= 11 is 0. The van der Waals surface area contributed by atoms with Gasteiger partial charge in [-0.3, -0.25) is 14.4 Å². The number of carbonyl (C=O) groups excluding carboxylic acids is 3. The van der Waals surface area contributed by atoms with E-state index < -0.39 is 29.6 Å². The normalized spacial score (nSPS) is 34.0. The van der Waals surface area contributed by atoms with E-state index in [1.54, 1.807) is 14.7 Å². The molecule has 4 heterocycles. The fraction of sp³-hybridized carbons (Fsp3) is 0.708. The van der Waals surface area contributed by atoms with Gasteiger partial charge in [-0.2, -0.15) is 0 Å². The van der Waals surface area contributed by atoms with E-state index in [4.69, 9.17) is 4.74 Å². The number of likely N-dealkylation sites (tertiary alicyclic amines) is 1. The molecule has 4 aliphatic rings. The first kappa shape index (κ1) is 23.0. The molecule has 1 spiro atoms. The minimum Gasteiger partial charge on any atom is -0.396 e. The van der Waals surface area contributed by atoms with E-state index in [0.717, 1.165) is 19.3 Å². The first-order valence-corrected chi connectivity index (χ1v) is 12.0. The van der Waals surface area contributed by atoms with Crippen LogP contribution in [0.15, 0.2) is 24.3 Å². The summed E-state index contributed by atoms with van der Waals surface area (Å²) in [5.41, 5.74) is -1.16. The van der Waals surface area contributed by atoms with Crippen LogP contribution in [0.3, 0.4) is 0 Å². The molecule has 8 heteroatoms. The second-order valence-corrected chi connectivity index (χ2v) is 9.20. The quantitative estimate of drug-likeness (QED) is 0.562. The lowest BCUT2D eigenvalue weighted by Crippen LogP contribution is -2.55. The van der Waals surface area contributed by atoms with Crippen LogP contribution in [0.2, 0.25) is 0 Å². The third-order valence-electron chi connectivity index (χ3n) is 7.16. The number of fused-ring (bicyclic) bond motifs is 2. The number of unbranched alkanes of at least 4 members (excludes halogenated alkanes) is 1. The maximum atomic E-state index is 13.8. The van der Waals surface area contributed by atoms with E-state index in [2.05, 4.69) is 6.92 Å². The molecular formula is C24H35N3O5. The van der Waals surface area contributed by atoms with Gasteiger partial charge in [-0.05, 0) is 19.3 Å². The van der Waals surface area contributed by atoms with Gasteiger partial charge in [-0.15, -0.1) is 0 Å². The van der Waals surface area contributed by atoms with Gasteiger partial charge >= 0.3 is 0 Å². The lowest BCUT2D eigenvalue weighted by molar-refractivity contribution is -0.148. The van der Waals surface area contributed by atoms with Crippen molar-refractivity contribution < 1.29 is 24.2 Å². The third kappa shape index (κ3) is 3.57. The van der Waals surface area contributed by atoms with Crippen LogP contribution < -0.4 is 0 Å². The first-order valence-electron chi connectivity index (χ1n) is 12.0. The molecule has 3 amide bonds. The highest BCUT2D eigenvalue weighted by molar-refractivity contribution is 5.99. The molecule has 0 aliphatic carbocycles. The number of nitrogens with zero attached hydrogens (tertiary/aromatic N) is 3. The summed E-state index contributed by atoms with van der Waals surface area (Å²) in [7, 11) is 0. The van der Waals surface area contributed by atoms with E-state index in [-0.39, 0.29) is 30.9 Å². The molecule has 5 atom stereocenters. The molecule has 4 rings (SSSR count). The van der Waals surface area contributed by atoms with Gasteiger partial charge in [0, 0.05) is 39.3 Å². The van der Waals surface area contributed by atoms with Gasteiger partial charge in [-0.25, -0.2) is 0 Å². The lowest BCUT2D eigenvalue weighted by atomic mass is 9.77. The van der Waals surface area contributed by atoms with Crippen molar-refractivity contribution in [3.63, 3.8) is 0 Å². The highest BCUT2D eigenvalue weighted by Crippen LogP contribution is 2.53. The van der Waals surface area contributed by atoms with Gasteiger partial charge in [0.15, 0.2) is 0 Å². The molecule has 4 aliphatic heterocycles. The zero-order valence-corrected chi connectivity index (χ0v) is 19.1. The van der Waals surface area contributed by atoms with Crippen LogP contribution in [0, 0.1) is 11.8 Å². The number of aliphatic hydroxyl groups is 1. The Bertz CT molecular complexity index is 811. The van der Waals surface area contributed by atoms with Gasteiger partial charge < -0.3 is 24.5 Å². The average Bonchev–Trinajstić information content (AvgIpc) is 3.10. The van der Waals surface area contributed by atoms with Gasteiger partial charge in [0.1, 0.15) is 11.6 Å². The highest BCUT2D eigenvalue weighted by atomic mass is 16.5. The second-order valence-electron chi connectivity index (χ2n) is 9.20. The number of amides is 3. The Labute approximate surface area is 189 Å². The highest BCUT2D eigenvalue weighted by Gasteiger charge is 2.71. The molecule has 2 fully saturated rings. The number of hydrogen-bond acceptors (Lipinski definition) is 5. The Morgan fingerprint density at radius 3 is 2.44 bits per heavy atom. The van der Waals surface area contributed by atoms with E-state index in [0.29, 0.717) is 32.6 Å². The number of rotatable bonds is 8. The molecule has 1 N–H and O–H groups in total. The van der Waals surface area contributed by atoms with Gasteiger partial charge in [0.25, 0.3) is 0 Å². The summed E-state index contributed by atoms with van der Waals surface area (Å²) < 4.78 is 6.55. The monoisotopic (exact) mass is 445 g/mol. The van der Waals surface area contributed by atoms with Crippen molar-refractivity contribution in [1.29, 1.82) is 0 Å². The Morgan fingerprint density at radius 1 is 0.969 bits per heavy atom. The van der Waals surface area contributed by atoms with Crippen LogP contribution in [0.4, 0.5) is 0 Å². The van der Waals surface area contributed by atoms with Gasteiger partial charge in [-0.1, -0.05) is 44.6 Å². The van der Waals surface area contributed by atoms with Crippen LogP contribution >= 0.6 is 0 Å². The summed E-state index contributed by atoms with van der Waals surface area (Å²) in [5, 5.41) is 9.41. The van der Waals surface area contributed by atoms with E-state index in [1.807, 2.05) is 31.2 Å². The molecule has 0 saturated carbocycles. The van der Waals surface area contributed by atoms with Crippen LogP contribution in [-0.2, 0) is 19.1 Å². The SMILES string of the molecule is CCCCN1CC=C[C@]23O[C@@H]4C=CCN(CCC)C(=O)[C@@H]4[C@H]2C(=O)N(CCCO)C3C1=O. The molecule has 0 aromatic rings. The van der Waals surface area contributed by atoms with E-state index >= 15 is 0 Å². The summed E-state index contributed by atoms with van der Waals surface area (Å²) in [6.07, 6.45) is 10.2. The topological polar surface area (TPSA) is 90.4 Å². The van der Waals surface area contributed by atoms with E-state index in [1.165, 1.54) is 0 Å².